The second-order valence-corrected chi connectivity index (χ2v) is 2.98. The van der Waals surface area contributed by atoms with Gasteiger partial charge in [0.15, 0.2) is 0 Å². The molecule has 0 saturated heterocycles. The van der Waals surface area contributed by atoms with Gasteiger partial charge in [-0.05, 0) is 24.1 Å². The van der Waals surface area contributed by atoms with E-state index in [4.69, 9.17) is 4.74 Å². The van der Waals surface area contributed by atoms with Crippen molar-refractivity contribution in [1.82, 2.24) is 0 Å². The fourth-order valence-electron chi connectivity index (χ4n) is 1.29. The van der Waals surface area contributed by atoms with Gasteiger partial charge in [0, 0.05) is 12.1 Å². The molecule has 5 nitrogen and oxygen atoms in total. The van der Waals surface area contributed by atoms with E-state index in [0.717, 1.165) is 5.56 Å². The van der Waals surface area contributed by atoms with Crippen molar-refractivity contribution in [1.29, 1.82) is 0 Å². The Bertz CT molecular complexity index is 347. The average molecular weight is 209 g/mol. The normalized spacial score (nSPS) is 11.8. The molecule has 80 valence electrons. The standard InChI is InChI=1S/C10H11NO4/c1-2-10(15-7-12)8-3-5-9(6-4-8)11(13)14/h3-7,10H,2H2,1H3. The van der Waals surface area contributed by atoms with Crippen LogP contribution in [0.3, 0.4) is 0 Å². The number of hydrogen-bond acceptors (Lipinski definition) is 4. The molecule has 1 atom stereocenters. The minimum Gasteiger partial charge on any atom is -0.460 e. The van der Waals surface area contributed by atoms with Crippen LogP contribution in [0.1, 0.15) is 25.0 Å². The van der Waals surface area contributed by atoms with Gasteiger partial charge in [0.05, 0.1) is 4.92 Å². The van der Waals surface area contributed by atoms with E-state index >= 15 is 0 Å². The zero-order chi connectivity index (χ0) is 11.3. The molecule has 0 heterocycles. The Hall–Kier alpha value is -1.91. The van der Waals surface area contributed by atoms with Gasteiger partial charge in [0.25, 0.3) is 12.2 Å². The summed E-state index contributed by atoms with van der Waals surface area (Å²) in [5.74, 6) is 0. The fourth-order valence-corrected chi connectivity index (χ4v) is 1.29. The molecule has 15 heavy (non-hydrogen) atoms. The molecule has 0 bridgehead atoms. The van der Waals surface area contributed by atoms with E-state index < -0.39 is 4.92 Å². The van der Waals surface area contributed by atoms with Gasteiger partial charge in [-0.15, -0.1) is 0 Å². The van der Waals surface area contributed by atoms with E-state index in [-0.39, 0.29) is 11.8 Å². The molecule has 1 aromatic carbocycles. The summed E-state index contributed by atoms with van der Waals surface area (Å²) in [6.45, 7) is 2.26. The lowest BCUT2D eigenvalue weighted by Crippen LogP contribution is -2.01. The molecule has 0 aliphatic heterocycles. The number of hydrogen-bond donors (Lipinski definition) is 0. The molecule has 0 aliphatic carbocycles. The maximum Gasteiger partial charge on any atom is 0.293 e. The molecule has 0 aliphatic rings. The van der Waals surface area contributed by atoms with Crippen LogP contribution in [0, 0.1) is 10.1 Å². The van der Waals surface area contributed by atoms with Gasteiger partial charge in [-0.25, -0.2) is 0 Å². The van der Waals surface area contributed by atoms with Crippen LogP contribution in [0.15, 0.2) is 24.3 Å². The summed E-state index contributed by atoms with van der Waals surface area (Å²) in [7, 11) is 0. The fraction of sp³-hybridized carbons (Fsp3) is 0.300. The first kappa shape index (κ1) is 11.2. The van der Waals surface area contributed by atoms with Crippen molar-refractivity contribution in [2.24, 2.45) is 0 Å². The number of ether oxygens (including phenoxy) is 1. The van der Waals surface area contributed by atoms with E-state index in [0.29, 0.717) is 12.9 Å². The third-order valence-electron chi connectivity index (χ3n) is 2.07. The first-order chi connectivity index (χ1) is 7.19. The molecule has 0 fully saturated rings. The van der Waals surface area contributed by atoms with Gasteiger partial charge >= 0.3 is 0 Å². The van der Waals surface area contributed by atoms with Crippen LogP contribution in [-0.2, 0) is 9.53 Å². The molecule has 1 aromatic rings. The van der Waals surface area contributed by atoms with Crippen LogP contribution in [0.4, 0.5) is 5.69 Å². The van der Waals surface area contributed by atoms with E-state index in [1.807, 2.05) is 6.92 Å². The minimum atomic E-state index is -0.467. The van der Waals surface area contributed by atoms with E-state index in [1.165, 1.54) is 12.1 Å². The zero-order valence-corrected chi connectivity index (χ0v) is 8.25. The van der Waals surface area contributed by atoms with Crippen molar-refractivity contribution < 1.29 is 14.5 Å². The quantitative estimate of drug-likeness (QED) is 0.423. The highest BCUT2D eigenvalue weighted by atomic mass is 16.6. The number of carbonyl (C=O) groups excluding carboxylic acids is 1. The summed E-state index contributed by atoms with van der Waals surface area (Å²) in [5, 5.41) is 10.4. The third kappa shape index (κ3) is 2.77. The summed E-state index contributed by atoms with van der Waals surface area (Å²) in [4.78, 5) is 20.1. The number of benzene rings is 1. The molecule has 1 rings (SSSR count). The Morgan fingerprint density at radius 1 is 1.47 bits per heavy atom. The Balaban J connectivity index is 2.86. The van der Waals surface area contributed by atoms with Crippen LogP contribution >= 0.6 is 0 Å². The maximum atomic E-state index is 10.4. The number of non-ortho nitro benzene ring substituents is 1. The number of nitro groups is 1. The number of rotatable bonds is 5. The van der Waals surface area contributed by atoms with Crippen LogP contribution in [-0.4, -0.2) is 11.4 Å². The summed E-state index contributed by atoms with van der Waals surface area (Å²) in [6, 6.07) is 5.98. The molecule has 1 unspecified atom stereocenters. The number of nitrogens with zero attached hydrogens (tertiary/aromatic N) is 1. The number of nitro benzene ring substituents is 1. The lowest BCUT2D eigenvalue weighted by Gasteiger charge is -2.12. The van der Waals surface area contributed by atoms with Gasteiger partial charge in [0.1, 0.15) is 6.10 Å². The lowest BCUT2D eigenvalue weighted by atomic mass is 10.1. The monoisotopic (exact) mass is 209 g/mol. The van der Waals surface area contributed by atoms with E-state index in [9.17, 15) is 14.9 Å². The highest BCUT2D eigenvalue weighted by Gasteiger charge is 2.11. The molecule has 0 amide bonds. The van der Waals surface area contributed by atoms with Crippen LogP contribution in [0.25, 0.3) is 0 Å². The van der Waals surface area contributed by atoms with Crippen LogP contribution in [0.5, 0.6) is 0 Å². The minimum absolute atomic E-state index is 0.0275. The summed E-state index contributed by atoms with van der Waals surface area (Å²) >= 11 is 0. The van der Waals surface area contributed by atoms with Crippen molar-refractivity contribution >= 4 is 12.2 Å². The van der Waals surface area contributed by atoms with Crippen molar-refractivity contribution in [2.75, 3.05) is 0 Å². The Kier molecular flexibility index (Phi) is 3.79. The largest absolute Gasteiger partial charge is 0.460 e. The predicted octanol–water partition coefficient (Wildman–Crippen LogP) is 2.22. The molecule has 5 heteroatoms. The van der Waals surface area contributed by atoms with E-state index in [1.54, 1.807) is 12.1 Å². The average Bonchev–Trinajstić information content (AvgIpc) is 2.26. The van der Waals surface area contributed by atoms with Gasteiger partial charge < -0.3 is 4.74 Å². The third-order valence-corrected chi connectivity index (χ3v) is 2.07. The molecule has 0 saturated carbocycles. The lowest BCUT2D eigenvalue weighted by molar-refractivity contribution is -0.384. The van der Waals surface area contributed by atoms with Crippen molar-refractivity contribution in [3.8, 4) is 0 Å². The Morgan fingerprint density at radius 3 is 2.47 bits per heavy atom. The SMILES string of the molecule is CCC(OC=O)c1ccc([N+](=O)[O-])cc1. The maximum absolute atomic E-state index is 10.4. The molecule has 0 spiro atoms. The molecular formula is C10H11NO4. The smallest absolute Gasteiger partial charge is 0.293 e. The Morgan fingerprint density at radius 2 is 2.07 bits per heavy atom. The van der Waals surface area contributed by atoms with Crippen molar-refractivity contribution in [3.63, 3.8) is 0 Å². The zero-order valence-electron chi connectivity index (χ0n) is 8.25. The first-order valence-corrected chi connectivity index (χ1v) is 4.52. The van der Waals surface area contributed by atoms with Crippen LogP contribution in [0.2, 0.25) is 0 Å². The van der Waals surface area contributed by atoms with Gasteiger partial charge in [-0.2, -0.15) is 0 Å². The highest BCUT2D eigenvalue weighted by molar-refractivity contribution is 5.40. The number of carbonyl (C=O) groups is 1. The van der Waals surface area contributed by atoms with Crippen molar-refractivity contribution in [2.45, 2.75) is 19.4 Å². The van der Waals surface area contributed by atoms with Gasteiger partial charge in [0.2, 0.25) is 0 Å². The van der Waals surface area contributed by atoms with Crippen molar-refractivity contribution in [3.05, 3.63) is 39.9 Å². The summed E-state index contributed by atoms with van der Waals surface area (Å²) in [5.41, 5.74) is 0.787. The summed E-state index contributed by atoms with van der Waals surface area (Å²) in [6.07, 6.45) is 0.305. The molecular weight excluding hydrogens is 198 g/mol. The van der Waals surface area contributed by atoms with E-state index in [2.05, 4.69) is 0 Å². The highest BCUT2D eigenvalue weighted by Crippen LogP contribution is 2.22. The molecule has 0 radical (unpaired) electrons. The predicted molar refractivity (Wildman–Crippen MR) is 53.3 cm³/mol. The van der Waals surface area contributed by atoms with Gasteiger partial charge in [-0.3, -0.25) is 14.9 Å². The first-order valence-electron chi connectivity index (χ1n) is 4.52. The van der Waals surface area contributed by atoms with Gasteiger partial charge in [-0.1, -0.05) is 6.92 Å². The molecule has 0 aromatic heterocycles. The second-order valence-electron chi connectivity index (χ2n) is 2.98. The van der Waals surface area contributed by atoms with Crippen LogP contribution < -0.4 is 0 Å². The second kappa shape index (κ2) is 5.09. The summed E-state index contributed by atoms with van der Waals surface area (Å²) < 4.78 is 4.83. The Labute approximate surface area is 86.8 Å². The molecule has 0 N–H and O–H groups in total. The topological polar surface area (TPSA) is 69.4 Å².